The number of carbonyl (C=O) groups excluding carboxylic acids is 1. The predicted molar refractivity (Wildman–Crippen MR) is 119 cm³/mol. The van der Waals surface area contributed by atoms with Gasteiger partial charge in [0.2, 0.25) is 0 Å². The van der Waals surface area contributed by atoms with Crippen LogP contribution < -0.4 is 20.1 Å². The molecule has 0 saturated carbocycles. The van der Waals surface area contributed by atoms with Crippen molar-refractivity contribution >= 4 is 29.0 Å². The summed E-state index contributed by atoms with van der Waals surface area (Å²) < 4.78 is 16.2. The molecule has 0 aliphatic carbocycles. The van der Waals surface area contributed by atoms with Crippen LogP contribution in [0.1, 0.15) is 36.7 Å². The molecule has 0 unspecified atom stereocenters. The molecule has 0 radical (unpaired) electrons. The molecule has 156 valence electrons. The number of hydrogen-bond acceptors (Lipinski definition) is 5. The first-order valence-electron chi connectivity index (χ1n) is 9.77. The number of thiocarbonyl (C=S) groups is 1. The van der Waals surface area contributed by atoms with Gasteiger partial charge in [0.1, 0.15) is 0 Å². The van der Waals surface area contributed by atoms with Gasteiger partial charge in [0, 0.05) is 12.2 Å². The highest BCUT2D eigenvalue weighted by Gasteiger charge is 2.08. The van der Waals surface area contributed by atoms with Crippen LogP contribution in [-0.2, 0) is 11.2 Å². The Morgan fingerprint density at radius 3 is 2.28 bits per heavy atom. The maximum Gasteiger partial charge on any atom is 0.338 e. The van der Waals surface area contributed by atoms with E-state index in [0.717, 1.165) is 29.2 Å². The van der Waals surface area contributed by atoms with E-state index in [0.29, 0.717) is 37.0 Å². The van der Waals surface area contributed by atoms with Crippen LogP contribution in [-0.4, -0.2) is 37.4 Å². The van der Waals surface area contributed by atoms with Crippen molar-refractivity contribution in [1.82, 2.24) is 5.32 Å². The third kappa shape index (κ3) is 7.27. The molecule has 2 N–H and O–H groups in total. The fourth-order valence-electron chi connectivity index (χ4n) is 2.65. The van der Waals surface area contributed by atoms with Crippen LogP contribution in [0, 0.1) is 0 Å². The molecule has 0 saturated heterocycles. The Labute approximate surface area is 177 Å². The van der Waals surface area contributed by atoms with Crippen molar-refractivity contribution in [2.24, 2.45) is 0 Å². The summed E-state index contributed by atoms with van der Waals surface area (Å²) in [6.07, 6.45) is 0.788. The zero-order valence-electron chi connectivity index (χ0n) is 17.1. The van der Waals surface area contributed by atoms with Gasteiger partial charge >= 0.3 is 5.97 Å². The topological polar surface area (TPSA) is 68.8 Å². The Hall–Kier alpha value is -2.80. The minimum atomic E-state index is -0.332. The van der Waals surface area contributed by atoms with Crippen molar-refractivity contribution in [2.45, 2.75) is 27.2 Å². The van der Waals surface area contributed by atoms with Crippen molar-refractivity contribution in [3.8, 4) is 11.5 Å². The maximum absolute atomic E-state index is 11.7. The minimum Gasteiger partial charge on any atom is -0.490 e. The van der Waals surface area contributed by atoms with E-state index in [4.69, 9.17) is 26.4 Å². The molecule has 6 nitrogen and oxygen atoms in total. The highest BCUT2D eigenvalue weighted by atomic mass is 32.1. The smallest absolute Gasteiger partial charge is 0.338 e. The lowest BCUT2D eigenvalue weighted by Crippen LogP contribution is -2.30. The molecular weight excluding hydrogens is 388 g/mol. The van der Waals surface area contributed by atoms with Crippen LogP contribution in [0.15, 0.2) is 42.5 Å². The van der Waals surface area contributed by atoms with Gasteiger partial charge in [-0.15, -0.1) is 0 Å². The summed E-state index contributed by atoms with van der Waals surface area (Å²) in [4.78, 5) is 11.7. The number of rotatable bonds is 10. The largest absolute Gasteiger partial charge is 0.490 e. The summed E-state index contributed by atoms with van der Waals surface area (Å²) in [7, 11) is 0. The molecule has 0 heterocycles. The zero-order valence-corrected chi connectivity index (χ0v) is 17.9. The number of ether oxygens (including phenoxy) is 3. The van der Waals surface area contributed by atoms with Crippen molar-refractivity contribution in [3.63, 3.8) is 0 Å². The van der Waals surface area contributed by atoms with Gasteiger partial charge in [0.05, 0.1) is 25.4 Å². The van der Waals surface area contributed by atoms with E-state index in [9.17, 15) is 4.79 Å². The Bertz CT molecular complexity index is 809. The standard InChI is InChI=1S/C22H28N2O4S/c1-4-26-19-12-7-16(15-20(19)27-5-2)13-14-23-22(29)24-18-10-8-17(9-11-18)21(25)28-6-3/h7-12,15H,4-6,13-14H2,1-3H3,(H2,23,24,29). The Morgan fingerprint density at radius 2 is 1.62 bits per heavy atom. The number of hydrogen-bond donors (Lipinski definition) is 2. The van der Waals surface area contributed by atoms with Gasteiger partial charge in [-0.25, -0.2) is 4.79 Å². The van der Waals surface area contributed by atoms with Crippen LogP contribution >= 0.6 is 12.2 Å². The quantitative estimate of drug-likeness (QED) is 0.445. The molecule has 0 spiro atoms. The second kappa shape index (κ2) is 11.9. The number of carbonyl (C=O) groups is 1. The van der Waals surface area contributed by atoms with Crippen LogP contribution in [0.3, 0.4) is 0 Å². The van der Waals surface area contributed by atoms with Crippen molar-refractivity contribution in [2.75, 3.05) is 31.7 Å². The first-order valence-corrected chi connectivity index (χ1v) is 10.2. The lowest BCUT2D eigenvalue weighted by atomic mass is 10.1. The molecule has 2 aromatic carbocycles. The van der Waals surface area contributed by atoms with Crippen LogP contribution in [0.4, 0.5) is 5.69 Å². The number of esters is 1. The van der Waals surface area contributed by atoms with E-state index >= 15 is 0 Å². The Kier molecular flexibility index (Phi) is 9.24. The molecule has 0 bridgehead atoms. The van der Waals surface area contributed by atoms with Crippen LogP contribution in [0.2, 0.25) is 0 Å². The second-order valence-corrected chi connectivity index (χ2v) is 6.48. The number of nitrogens with one attached hydrogen (secondary N) is 2. The maximum atomic E-state index is 11.7. The molecule has 7 heteroatoms. The third-order valence-corrected chi connectivity index (χ3v) is 4.21. The van der Waals surface area contributed by atoms with Gasteiger partial charge < -0.3 is 24.8 Å². The van der Waals surface area contributed by atoms with Gasteiger partial charge in [0.25, 0.3) is 0 Å². The second-order valence-electron chi connectivity index (χ2n) is 6.08. The van der Waals surface area contributed by atoms with E-state index < -0.39 is 0 Å². The predicted octanol–water partition coefficient (Wildman–Crippen LogP) is 4.19. The molecule has 2 rings (SSSR count). The average Bonchev–Trinajstić information content (AvgIpc) is 2.71. The molecular formula is C22H28N2O4S. The van der Waals surface area contributed by atoms with E-state index in [-0.39, 0.29) is 5.97 Å². The monoisotopic (exact) mass is 416 g/mol. The summed E-state index contributed by atoms with van der Waals surface area (Å²) in [5.41, 5.74) is 2.44. The van der Waals surface area contributed by atoms with Gasteiger partial charge in [-0.1, -0.05) is 6.07 Å². The first kappa shape index (κ1) is 22.5. The lowest BCUT2D eigenvalue weighted by molar-refractivity contribution is 0.0526. The van der Waals surface area contributed by atoms with Crippen molar-refractivity contribution in [3.05, 3.63) is 53.6 Å². The Morgan fingerprint density at radius 1 is 0.931 bits per heavy atom. The van der Waals surface area contributed by atoms with Crippen LogP contribution in [0.5, 0.6) is 11.5 Å². The average molecular weight is 417 g/mol. The number of anilines is 1. The zero-order chi connectivity index (χ0) is 21.1. The highest BCUT2D eigenvalue weighted by Crippen LogP contribution is 2.28. The molecule has 29 heavy (non-hydrogen) atoms. The summed E-state index contributed by atoms with van der Waals surface area (Å²) in [6.45, 7) is 7.90. The van der Waals surface area contributed by atoms with Gasteiger partial charge in [-0.05, 0) is 81.4 Å². The lowest BCUT2D eigenvalue weighted by Gasteiger charge is -2.13. The fourth-order valence-corrected chi connectivity index (χ4v) is 2.87. The van der Waals surface area contributed by atoms with E-state index in [2.05, 4.69) is 10.6 Å². The summed E-state index contributed by atoms with van der Waals surface area (Å²) in [6, 6.07) is 13.0. The highest BCUT2D eigenvalue weighted by molar-refractivity contribution is 7.80. The summed E-state index contributed by atoms with van der Waals surface area (Å²) in [5, 5.41) is 6.81. The normalized spacial score (nSPS) is 10.2. The van der Waals surface area contributed by atoms with Crippen LogP contribution in [0.25, 0.3) is 0 Å². The molecule has 0 aliphatic heterocycles. The van der Waals surface area contributed by atoms with E-state index in [1.165, 1.54) is 0 Å². The van der Waals surface area contributed by atoms with Crippen molar-refractivity contribution < 1.29 is 19.0 Å². The fraction of sp³-hybridized carbons (Fsp3) is 0.364. The van der Waals surface area contributed by atoms with Gasteiger partial charge in [-0.2, -0.15) is 0 Å². The summed E-state index contributed by atoms with van der Waals surface area (Å²) in [5.74, 6) is 1.19. The molecule has 0 aromatic heterocycles. The SMILES string of the molecule is CCOC(=O)c1ccc(NC(=S)NCCc2ccc(OCC)c(OCC)c2)cc1. The summed E-state index contributed by atoms with van der Waals surface area (Å²) >= 11 is 5.34. The molecule has 0 atom stereocenters. The van der Waals surface area contributed by atoms with E-state index in [1.807, 2.05) is 32.0 Å². The van der Waals surface area contributed by atoms with E-state index in [1.54, 1.807) is 31.2 Å². The molecule has 0 amide bonds. The third-order valence-electron chi connectivity index (χ3n) is 3.96. The van der Waals surface area contributed by atoms with Gasteiger partial charge in [0.15, 0.2) is 16.6 Å². The minimum absolute atomic E-state index is 0.332. The Balaban J connectivity index is 1.83. The first-order chi connectivity index (χ1) is 14.1. The molecule has 2 aromatic rings. The molecule has 0 fully saturated rings. The molecule has 0 aliphatic rings. The van der Waals surface area contributed by atoms with Gasteiger partial charge in [-0.3, -0.25) is 0 Å². The number of benzene rings is 2. The van der Waals surface area contributed by atoms with Crippen molar-refractivity contribution in [1.29, 1.82) is 0 Å².